The Kier molecular flexibility index (Phi) is 7.88. The molecule has 0 spiro atoms. The van der Waals surface area contributed by atoms with Crippen LogP contribution in [0.1, 0.15) is 32.1 Å². The maximum absolute atomic E-state index is 12.8. The number of hydrogen-bond acceptors (Lipinski definition) is 7. The van der Waals surface area contributed by atoms with Crippen molar-refractivity contribution in [1.82, 2.24) is 10.2 Å². The van der Waals surface area contributed by atoms with Crippen molar-refractivity contribution in [3.05, 3.63) is 29.8 Å². The van der Waals surface area contributed by atoms with Gasteiger partial charge in [0.2, 0.25) is 5.91 Å². The zero-order valence-corrected chi connectivity index (χ0v) is 18.3. The molecule has 2 amide bonds. The zero-order chi connectivity index (χ0) is 22.4. The average Bonchev–Trinajstić information content (AvgIpc) is 2.79. The SMILES string of the molecule is COc1ccc(C2OCC(C)(C)[C@H](C(=O)NCCC(O)C(=O)N3CCOCC3)O2)cc1. The highest BCUT2D eigenvalue weighted by Crippen LogP contribution is 2.36. The highest BCUT2D eigenvalue weighted by Gasteiger charge is 2.43. The van der Waals surface area contributed by atoms with Gasteiger partial charge in [0.1, 0.15) is 18.0 Å². The van der Waals surface area contributed by atoms with E-state index >= 15 is 0 Å². The van der Waals surface area contributed by atoms with Gasteiger partial charge in [0.15, 0.2) is 6.29 Å². The van der Waals surface area contributed by atoms with Crippen LogP contribution in [-0.4, -0.2) is 80.6 Å². The summed E-state index contributed by atoms with van der Waals surface area (Å²) in [5, 5.41) is 13.0. The summed E-state index contributed by atoms with van der Waals surface area (Å²) in [6.07, 6.45) is -2.43. The lowest BCUT2D eigenvalue weighted by atomic mass is 9.85. The van der Waals surface area contributed by atoms with E-state index in [9.17, 15) is 14.7 Å². The summed E-state index contributed by atoms with van der Waals surface area (Å²) in [6, 6.07) is 7.29. The Hall–Kier alpha value is -2.20. The molecule has 2 aliphatic rings. The van der Waals surface area contributed by atoms with E-state index < -0.39 is 23.9 Å². The fourth-order valence-corrected chi connectivity index (χ4v) is 3.61. The molecule has 2 saturated heterocycles. The molecule has 0 bridgehead atoms. The second-order valence-corrected chi connectivity index (χ2v) is 8.45. The number of ether oxygens (including phenoxy) is 4. The molecule has 9 heteroatoms. The number of hydrogen-bond donors (Lipinski definition) is 2. The van der Waals surface area contributed by atoms with Crippen molar-refractivity contribution in [1.29, 1.82) is 0 Å². The predicted molar refractivity (Wildman–Crippen MR) is 111 cm³/mol. The minimum absolute atomic E-state index is 0.132. The Morgan fingerprint density at radius 3 is 2.58 bits per heavy atom. The number of amides is 2. The molecule has 2 unspecified atom stereocenters. The van der Waals surface area contributed by atoms with Crippen LogP contribution in [0.25, 0.3) is 0 Å². The molecule has 2 fully saturated rings. The number of nitrogens with zero attached hydrogens (tertiary/aromatic N) is 1. The normalized spacial score (nSPS) is 24.3. The lowest BCUT2D eigenvalue weighted by Gasteiger charge is -2.41. The monoisotopic (exact) mass is 436 g/mol. The number of aliphatic hydroxyl groups excluding tert-OH is 1. The predicted octanol–water partition coefficient (Wildman–Crippen LogP) is 0.861. The number of morpholine rings is 1. The van der Waals surface area contributed by atoms with Crippen LogP contribution in [0.2, 0.25) is 0 Å². The molecule has 3 rings (SSSR count). The molecule has 0 radical (unpaired) electrons. The van der Waals surface area contributed by atoms with Gasteiger partial charge in [-0.2, -0.15) is 0 Å². The molecular formula is C22H32N2O7. The van der Waals surface area contributed by atoms with Crippen LogP contribution in [0, 0.1) is 5.41 Å². The van der Waals surface area contributed by atoms with Gasteiger partial charge in [0.25, 0.3) is 5.91 Å². The first-order valence-electron chi connectivity index (χ1n) is 10.5. The minimum atomic E-state index is -1.16. The molecule has 2 N–H and O–H groups in total. The molecule has 1 aromatic rings. The van der Waals surface area contributed by atoms with Crippen LogP contribution in [0.5, 0.6) is 5.75 Å². The first-order chi connectivity index (χ1) is 14.8. The molecule has 1 aromatic carbocycles. The summed E-state index contributed by atoms with van der Waals surface area (Å²) in [5.41, 5.74) is 0.260. The fraction of sp³-hybridized carbons (Fsp3) is 0.636. The number of nitrogens with one attached hydrogen (secondary N) is 1. The summed E-state index contributed by atoms with van der Waals surface area (Å²) >= 11 is 0. The Balaban J connectivity index is 1.52. The van der Waals surface area contributed by atoms with E-state index in [2.05, 4.69) is 5.32 Å². The third-order valence-electron chi connectivity index (χ3n) is 5.53. The molecule has 9 nitrogen and oxygen atoms in total. The van der Waals surface area contributed by atoms with Gasteiger partial charge >= 0.3 is 0 Å². The van der Waals surface area contributed by atoms with Crippen molar-refractivity contribution in [3.63, 3.8) is 0 Å². The van der Waals surface area contributed by atoms with Crippen molar-refractivity contribution in [3.8, 4) is 5.75 Å². The molecule has 0 aliphatic carbocycles. The van der Waals surface area contributed by atoms with Gasteiger partial charge in [-0.1, -0.05) is 26.0 Å². The van der Waals surface area contributed by atoms with Gasteiger partial charge < -0.3 is 34.3 Å². The number of carbonyl (C=O) groups is 2. The first kappa shape index (κ1) is 23.5. The number of methoxy groups -OCH3 is 1. The third-order valence-corrected chi connectivity index (χ3v) is 5.53. The van der Waals surface area contributed by atoms with Crippen molar-refractivity contribution in [2.75, 3.05) is 46.6 Å². The van der Waals surface area contributed by atoms with Gasteiger partial charge in [0.05, 0.1) is 26.9 Å². The minimum Gasteiger partial charge on any atom is -0.497 e. The first-order valence-corrected chi connectivity index (χ1v) is 10.5. The summed E-state index contributed by atoms with van der Waals surface area (Å²) < 4.78 is 22.2. The quantitative estimate of drug-likeness (QED) is 0.653. The lowest BCUT2D eigenvalue weighted by molar-refractivity contribution is -0.258. The summed E-state index contributed by atoms with van der Waals surface area (Å²) in [5.74, 6) is 0.0944. The Morgan fingerprint density at radius 1 is 1.26 bits per heavy atom. The molecule has 2 heterocycles. The van der Waals surface area contributed by atoms with E-state index in [4.69, 9.17) is 18.9 Å². The van der Waals surface area contributed by atoms with E-state index in [1.807, 2.05) is 38.1 Å². The summed E-state index contributed by atoms with van der Waals surface area (Å²) in [7, 11) is 1.59. The van der Waals surface area contributed by atoms with Gasteiger partial charge in [0, 0.05) is 30.6 Å². The van der Waals surface area contributed by atoms with Gasteiger partial charge in [-0.25, -0.2) is 0 Å². The maximum atomic E-state index is 12.8. The smallest absolute Gasteiger partial charge is 0.251 e. The van der Waals surface area contributed by atoms with Crippen LogP contribution in [0.3, 0.4) is 0 Å². The lowest BCUT2D eigenvalue weighted by Crippen LogP contribution is -2.52. The third kappa shape index (κ3) is 5.94. The largest absolute Gasteiger partial charge is 0.497 e. The van der Waals surface area contributed by atoms with Crippen LogP contribution >= 0.6 is 0 Å². The van der Waals surface area contributed by atoms with E-state index in [1.165, 1.54) is 0 Å². The van der Waals surface area contributed by atoms with E-state index in [0.29, 0.717) is 32.9 Å². The number of carbonyl (C=O) groups excluding carboxylic acids is 2. The molecule has 172 valence electrons. The summed E-state index contributed by atoms with van der Waals surface area (Å²) in [6.45, 7) is 6.20. The van der Waals surface area contributed by atoms with E-state index in [0.717, 1.165) is 11.3 Å². The number of aliphatic hydroxyl groups is 1. The second kappa shape index (κ2) is 10.4. The van der Waals surface area contributed by atoms with Gasteiger partial charge in [-0.05, 0) is 18.6 Å². The topological polar surface area (TPSA) is 107 Å². The van der Waals surface area contributed by atoms with Crippen LogP contribution in [0.4, 0.5) is 0 Å². The fourth-order valence-electron chi connectivity index (χ4n) is 3.61. The van der Waals surface area contributed by atoms with Gasteiger partial charge in [-0.15, -0.1) is 0 Å². The molecular weight excluding hydrogens is 404 g/mol. The number of rotatable bonds is 7. The van der Waals surface area contributed by atoms with Crippen LogP contribution in [-0.2, 0) is 23.8 Å². The Bertz CT molecular complexity index is 747. The van der Waals surface area contributed by atoms with Crippen molar-refractivity contribution in [2.45, 2.75) is 38.8 Å². The zero-order valence-electron chi connectivity index (χ0n) is 18.3. The molecule has 2 aliphatic heterocycles. The molecule has 3 atom stereocenters. The molecule has 31 heavy (non-hydrogen) atoms. The molecule has 0 saturated carbocycles. The average molecular weight is 437 g/mol. The Labute approximate surface area is 182 Å². The van der Waals surface area contributed by atoms with E-state index in [-0.39, 0.29) is 24.8 Å². The van der Waals surface area contributed by atoms with Gasteiger partial charge in [-0.3, -0.25) is 9.59 Å². The highest BCUT2D eigenvalue weighted by molar-refractivity contribution is 5.82. The van der Waals surface area contributed by atoms with Crippen molar-refractivity contribution >= 4 is 11.8 Å². The Morgan fingerprint density at radius 2 is 1.94 bits per heavy atom. The second-order valence-electron chi connectivity index (χ2n) is 8.45. The standard InChI is InChI=1S/C22H32N2O7/c1-22(2)14-30-21(15-4-6-16(28-3)7-5-15)31-18(22)19(26)23-9-8-17(25)20(27)24-10-12-29-13-11-24/h4-7,17-18,21,25H,8-14H2,1-3H3,(H,23,26)/t17?,18-,21?/m0/s1. The van der Waals surface area contributed by atoms with Crippen LogP contribution in [0.15, 0.2) is 24.3 Å². The van der Waals surface area contributed by atoms with E-state index in [1.54, 1.807) is 12.0 Å². The molecule has 0 aromatic heterocycles. The van der Waals surface area contributed by atoms with Crippen LogP contribution < -0.4 is 10.1 Å². The van der Waals surface area contributed by atoms with Crippen molar-refractivity contribution < 1.29 is 33.6 Å². The highest BCUT2D eigenvalue weighted by atomic mass is 16.7. The van der Waals surface area contributed by atoms with Crippen molar-refractivity contribution in [2.24, 2.45) is 5.41 Å². The maximum Gasteiger partial charge on any atom is 0.251 e. The number of benzene rings is 1. The summed E-state index contributed by atoms with van der Waals surface area (Å²) in [4.78, 5) is 26.7.